The fourth-order valence-electron chi connectivity index (χ4n) is 3.17. The molecule has 0 aliphatic carbocycles. The zero-order valence-corrected chi connectivity index (χ0v) is 13.0. The normalized spacial score (nSPS) is 28.5. The van der Waals surface area contributed by atoms with Crippen molar-refractivity contribution in [3.63, 3.8) is 0 Å². The highest BCUT2D eigenvalue weighted by atomic mass is 15.3. The Hall–Kier alpha value is -1.06. The van der Waals surface area contributed by atoms with E-state index in [2.05, 4.69) is 54.4 Å². The van der Waals surface area contributed by atoms with E-state index in [9.17, 15) is 0 Å². The second kappa shape index (κ2) is 5.51. The highest BCUT2D eigenvalue weighted by Gasteiger charge is 2.31. The Morgan fingerprint density at radius 1 is 1.16 bits per heavy atom. The van der Waals surface area contributed by atoms with Crippen molar-refractivity contribution in [2.75, 3.05) is 19.6 Å². The molecule has 0 aromatic rings. The number of rotatable bonds is 5. The van der Waals surface area contributed by atoms with Crippen LogP contribution in [0.15, 0.2) is 9.98 Å². The van der Waals surface area contributed by atoms with Crippen molar-refractivity contribution in [2.24, 2.45) is 15.9 Å². The molecule has 0 aromatic heterocycles. The van der Waals surface area contributed by atoms with E-state index in [1.165, 1.54) is 6.42 Å². The molecular weight excluding hydrogens is 236 g/mol. The van der Waals surface area contributed by atoms with E-state index in [-0.39, 0.29) is 5.54 Å². The Labute approximate surface area is 117 Å². The predicted octanol–water partition coefficient (Wildman–Crippen LogP) is 2.26. The largest absolute Gasteiger partial charge is 0.361 e. The van der Waals surface area contributed by atoms with E-state index in [1.54, 1.807) is 0 Å². The van der Waals surface area contributed by atoms with Gasteiger partial charge in [0.05, 0.1) is 24.8 Å². The number of hydrogen-bond donors (Lipinski definition) is 0. The summed E-state index contributed by atoms with van der Waals surface area (Å²) >= 11 is 0. The lowest BCUT2D eigenvalue weighted by Gasteiger charge is -2.38. The van der Waals surface area contributed by atoms with Crippen LogP contribution in [-0.2, 0) is 0 Å². The van der Waals surface area contributed by atoms with Gasteiger partial charge in [0.25, 0.3) is 0 Å². The summed E-state index contributed by atoms with van der Waals surface area (Å²) in [5, 5.41) is 0. The van der Waals surface area contributed by atoms with E-state index in [4.69, 9.17) is 0 Å². The Bertz CT molecular complexity index is 361. The molecule has 2 aliphatic rings. The van der Waals surface area contributed by atoms with Crippen LogP contribution in [0.1, 0.15) is 41.0 Å². The molecule has 0 fully saturated rings. The van der Waals surface area contributed by atoms with Gasteiger partial charge in [-0.05, 0) is 40.0 Å². The molecular formula is C15H28N4. The first-order valence-corrected chi connectivity index (χ1v) is 7.44. The lowest BCUT2D eigenvalue weighted by Crippen LogP contribution is -2.45. The van der Waals surface area contributed by atoms with Crippen molar-refractivity contribution >= 4 is 12.7 Å². The molecule has 0 bridgehead atoms. The average molecular weight is 264 g/mol. The number of nitrogens with zero attached hydrogens (tertiary/aromatic N) is 4. The Balaban J connectivity index is 1.82. The van der Waals surface area contributed by atoms with E-state index in [0.717, 1.165) is 19.6 Å². The summed E-state index contributed by atoms with van der Waals surface area (Å²) < 4.78 is 0. The third kappa shape index (κ3) is 3.71. The minimum atomic E-state index is 0.191. The maximum Gasteiger partial charge on any atom is 0.0859 e. The van der Waals surface area contributed by atoms with Gasteiger partial charge in [-0.2, -0.15) is 0 Å². The second-order valence-electron chi connectivity index (χ2n) is 6.96. The summed E-state index contributed by atoms with van der Waals surface area (Å²) in [4.78, 5) is 13.6. The molecule has 2 rings (SSSR count). The first-order valence-electron chi connectivity index (χ1n) is 7.44. The first-order chi connectivity index (χ1) is 8.87. The third-order valence-corrected chi connectivity index (χ3v) is 4.08. The van der Waals surface area contributed by atoms with Gasteiger partial charge in [-0.25, -0.2) is 0 Å². The molecule has 4 nitrogen and oxygen atoms in total. The fraction of sp³-hybridized carbons (Fsp3) is 0.867. The van der Waals surface area contributed by atoms with Crippen molar-refractivity contribution in [3.8, 4) is 0 Å². The van der Waals surface area contributed by atoms with Crippen molar-refractivity contribution in [1.29, 1.82) is 0 Å². The summed E-state index contributed by atoms with van der Waals surface area (Å²) in [5.41, 5.74) is 0.191. The maximum absolute atomic E-state index is 4.47. The van der Waals surface area contributed by atoms with Crippen LogP contribution in [-0.4, -0.2) is 59.7 Å². The minimum Gasteiger partial charge on any atom is -0.361 e. The zero-order valence-electron chi connectivity index (χ0n) is 13.0. The highest BCUT2D eigenvalue weighted by molar-refractivity contribution is 5.59. The molecule has 2 heterocycles. The molecule has 108 valence electrons. The van der Waals surface area contributed by atoms with Crippen LogP contribution < -0.4 is 0 Å². The molecule has 3 atom stereocenters. The van der Waals surface area contributed by atoms with Crippen molar-refractivity contribution in [2.45, 2.75) is 58.7 Å². The van der Waals surface area contributed by atoms with Crippen LogP contribution in [0.2, 0.25) is 0 Å². The monoisotopic (exact) mass is 264 g/mol. The van der Waals surface area contributed by atoms with Crippen molar-refractivity contribution in [3.05, 3.63) is 0 Å². The average Bonchev–Trinajstić information content (AvgIpc) is 2.87. The molecule has 4 heteroatoms. The predicted molar refractivity (Wildman–Crippen MR) is 82.0 cm³/mol. The topological polar surface area (TPSA) is 31.2 Å². The van der Waals surface area contributed by atoms with E-state index in [0.29, 0.717) is 18.0 Å². The molecule has 0 radical (unpaired) electrons. The molecule has 0 amide bonds. The molecule has 3 unspecified atom stereocenters. The molecule has 0 N–H and O–H groups in total. The summed E-state index contributed by atoms with van der Waals surface area (Å²) in [6.45, 7) is 14.6. The highest BCUT2D eigenvalue weighted by Crippen LogP contribution is 2.26. The Kier molecular flexibility index (Phi) is 4.16. The van der Waals surface area contributed by atoms with E-state index < -0.39 is 0 Å². The number of hydrogen-bond acceptors (Lipinski definition) is 4. The zero-order chi connectivity index (χ0) is 14.0. The summed E-state index contributed by atoms with van der Waals surface area (Å²) in [5.74, 6) is 0.663. The van der Waals surface area contributed by atoms with Crippen LogP contribution in [0, 0.1) is 5.92 Å². The molecule has 0 saturated carbocycles. The quantitative estimate of drug-likeness (QED) is 0.762. The van der Waals surface area contributed by atoms with Crippen LogP contribution in [0.5, 0.6) is 0 Å². The molecule has 0 spiro atoms. The minimum absolute atomic E-state index is 0.191. The maximum atomic E-state index is 4.47. The molecule has 0 aromatic carbocycles. The van der Waals surface area contributed by atoms with Gasteiger partial charge in [-0.1, -0.05) is 6.92 Å². The van der Waals surface area contributed by atoms with Crippen LogP contribution in [0.25, 0.3) is 0 Å². The van der Waals surface area contributed by atoms with Gasteiger partial charge in [0.15, 0.2) is 0 Å². The second-order valence-corrected chi connectivity index (χ2v) is 6.96. The van der Waals surface area contributed by atoms with Gasteiger partial charge < -0.3 is 9.80 Å². The number of aliphatic imine (C=N–C) groups is 2. The van der Waals surface area contributed by atoms with Crippen molar-refractivity contribution in [1.82, 2.24) is 9.80 Å². The van der Waals surface area contributed by atoms with E-state index >= 15 is 0 Å². The first kappa shape index (κ1) is 14.4. The standard InChI is InChI=1S/C15H28N4/c1-12(7-18-8-13(2)16-10-18)6-15(4,5)19-9-14(3)17-11-19/h10-14H,6-9H2,1-5H3. The van der Waals surface area contributed by atoms with Gasteiger partial charge in [-0.3, -0.25) is 9.98 Å². The lowest BCUT2D eigenvalue weighted by atomic mass is 9.89. The fourth-order valence-corrected chi connectivity index (χ4v) is 3.17. The van der Waals surface area contributed by atoms with Gasteiger partial charge in [-0.15, -0.1) is 0 Å². The van der Waals surface area contributed by atoms with Crippen LogP contribution in [0.4, 0.5) is 0 Å². The van der Waals surface area contributed by atoms with Crippen molar-refractivity contribution < 1.29 is 0 Å². The summed E-state index contributed by atoms with van der Waals surface area (Å²) in [6.07, 6.45) is 5.24. The lowest BCUT2D eigenvalue weighted by molar-refractivity contribution is 0.177. The SMILES string of the molecule is CC(CN1C=NC(C)C1)CC(C)(C)N1C=NC(C)C1. The summed E-state index contributed by atoms with van der Waals surface area (Å²) in [7, 11) is 0. The van der Waals surface area contributed by atoms with Gasteiger partial charge in [0.2, 0.25) is 0 Å². The van der Waals surface area contributed by atoms with Crippen LogP contribution >= 0.6 is 0 Å². The third-order valence-electron chi connectivity index (χ3n) is 4.08. The van der Waals surface area contributed by atoms with Gasteiger partial charge >= 0.3 is 0 Å². The molecule has 2 aliphatic heterocycles. The smallest absolute Gasteiger partial charge is 0.0859 e. The van der Waals surface area contributed by atoms with Gasteiger partial charge in [0, 0.05) is 25.2 Å². The van der Waals surface area contributed by atoms with Crippen LogP contribution in [0.3, 0.4) is 0 Å². The molecule has 0 saturated heterocycles. The van der Waals surface area contributed by atoms with E-state index in [1.807, 2.05) is 12.7 Å². The molecule has 19 heavy (non-hydrogen) atoms. The Morgan fingerprint density at radius 2 is 1.79 bits per heavy atom. The Morgan fingerprint density at radius 3 is 2.32 bits per heavy atom. The van der Waals surface area contributed by atoms with Gasteiger partial charge in [0.1, 0.15) is 0 Å². The summed E-state index contributed by atoms with van der Waals surface area (Å²) in [6, 6.07) is 0.910.